The Bertz CT molecular complexity index is 74.6. The molecule has 0 heterocycles. The highest BCUT2D eigenvalue weighted by atomic mass is 16.5. The molecule has 1 N–H and O–H groups in total. The third-order valence-electron chi connectivity index (χ3n) is 1.74. The molecule has 1 unspecified atom stereocenters. The van der Waals surface area contributed by atoms with Gasteiger partial charge in [-0.2, -0.15) is 0 Å². The highest BCUT2D eigenvalue weighted by Gasteiger charge is 2.11. The molecule has 15 heavy (non-hydrogen) atoms. The van der Waals surface area contributed by atoms with Crippen LogP contribution in [0, 0.1) is 5.92 Å². The van der Waals surface area contributed by atoms with Crippen molar-refractivity contribution in [3.05, 3.63) is 0 Å². The van der Waals surface area contributed by atoms with E-state index in [0.717, 1.165) is 12.8 Å². The molecular weight excluding hydrogens is 188 g/mol. The average molecular weight is 220 g/mol. The molecule has 0 aromatic rings. The van der Waals surface area contributed by atoms with Crippen molar-refractivity contribution >= 4 is 0 Å². The van der Waals surface area contributed by atoms with Gasteiger partial charge < -0.3 is 9.84 Å². The van der Waals surface area contributed by atoms with Crippen molar-refractivity contribution in [1.29, 1.82) is 0 Å². The van der Waals surface area contributed by atoms with E-state index in [1.165, 1.54) is 6.42 Å². The molecule has 0 amide bonds. The van der Waals surface area contributed by atoms with E-state index in [0.29, 0.717) is 12.5 Å². The second-order valence-electron chi connectivity index (χ2n) is 3.50. The lowest BCUT2D eigenvalue weighted by molar-refractivity contribution is 0.0279. The highest BCUT2D eigenvalue weighted by Crippen LogP contribution is 2.09. The minimum Gasteiger partial charge on any atom is -0.390 e. The zero-order valence-corrected chi connectivity index (χ0v) is 11.8. The van der Waals surface area contributed by atoms with Crippen molar-refractivity contribution in [2.45, 2.75) is 66.9 Å². The van der Waals surface area contributed by atoms with E-state index >= 15 is 0 Å². The molecule has 0 aliphatic heterocycles. The second kappa shape index (κ2) is 19.5. The number of aliphatic hydroxyl groups is 1. The number of hydrogen-bond donors (Lipinski definition) is 1. The summed E-state index contributed by atoms with van der Waals surface area (Å²) in [5, 5.41) is 9.32. The summed E-state index contributed by atoms with van der Waals surface area (Å²) in [6.07, 6.45) is 3.16. The van der Waals surface area contributed by atoms with Gasteiger partial charge in [0.1, 0.15) is 0 Å². The molecule has 0 aliphatic rings. The van der Waals surface area contributed by atoms with Crippen LogP contribution >= 0.6 is 0 Å². The van der Waals surface area contributed by atoms with Gasteiger partial charge in [-0.25, -0.2) is 0 Å². The number of hydrogen-bond acceptors (Lipinski definition) is 2. The highest BCUT2D eigenvalue weighted by molar-refractivity contribution is 4.62. The molecule has 0 aromatic carbocycles. The van der Waals surface area contributed by atoms with Crippen LogP contribution in [0.3, 0.4) is 0 Å². The molecule has 0 aromatic heterocycles. The maximum absolute atomic E-state index is 9.32. The smallest absolute Gasteiger partial charge is 0.0798 e. The average Bonchev–Trinajstić information content (AvgIpc) is 2.23. The van der Waals surface area contributed by atoms with Gasteiger partial charge in [0, 0.05) is 7.11 Å². The van der Waals surface area contributed by atoms with E-state index in [2.05, 4.69) is 20.8 Å². The molecule has 0 fully saturated rings. The lowest BCUT2D eigenvalue weighted by atomic mass is 10.0. The second-order valence-corrected chi connectivity index (χ2v) is 3.50. The minimum absolute atomic E-state index is 0.287. The monoisotopic (exact) mass is 220 g/mol. The van der Waals surface area contributed by atoms with E-state index < -0.39 is 0 Å². The summed E-state index contributed by atoms with van der Waals surface area (Å²) in [6, 6.07) is 0. The van der Waals surface area contributed by atoms with Crippen molar-refractivity contribution in [2.75, 3.05) is 13.7 Å². The van der Waals surface area contributed by atoms with Gasteiger partial charge in [-0.3, -0.25) is 0 Å². The molecule has 96 valence electrons. The maximum Gasteiger partial charge on any atom is 0.0798 e. The summed E-state index contributed by atoms with van der Waals surface area (Å²) < 4.78 is 4.82. The van der Waals surface area contributed by atoms with Gasteiger partial charge in [0.25, 0.3) is 0 Å². The Balaban J connectivity index is -0.000000245. The van der Waals surface area contributed by atoms with Crippen LogP contribution in [0.1, 0.15) is 60.8 Å². The van der Waals surface area contributed by atoms with Gasteiger partial charge in [-0.05, 0) is 12.3 Å². The molecule has 0 saturated carbocycles. The van der Waals surface area contributed by atoms with Gasteiger partial charge in [0.05, 0.1) is 12.7 Å². The van der Waals surface area contributed by atoms with Crippen molar-refractivity contribution < 1.29 is 9.84 Å². The van der Waals surface area contributed by atoms with Crippen LogP contribution in [0.4, 0.5) is 0 Å². The molecular formula is C13H32O2. The first-order chi connectivity index (χ1) is 7.13. The molecule has 0 radical (unpaired) electrons. The summed E-state index contributed by atoms with van der Waals surface area (Å²) in [7, 11) is 1.61. The topological polar surface area (TPSA) is 29.5 Å². The van der Waals surface area contributed by atoms with Crippen LogP contribution in [0.2, 0.25) is 0 Å². The number of rotatable bonds is 5. The molecule has 0 bridgehead atoms. The zero-order valence-electron chi connectivity index (χ0n) is 11.8. The standard InChI is InChI=1S/C8H18O2.C3H8.C2H6/c1-4-5-7(2)8(9)6-10-3;1-3-2;1-2/h7-9H,4-6H2,1-3H3;3H2,1-2H3;1-2H3/t7-,8?;;/m1../s1. The lowest BCUT2D eigenvalue weighted by Gasteiger charge is -2.16. The van der Waals surface area contributed by atoms with Crippen molar-refractivity contribution in [3.63, 3.8) is 0 Å². The third kappa shape index (κ3) is 20.1. The van der Waals surface area contributed by atoms with E-state index in [-0.39, 0.29) is 6.10 Å². The van der Waals surface area contributed by atoms with Crippen LogP contribution in [0.15, 0.2) is 0 Å². The van der Waals surface area contributed by atoms with Crippen LogP contribution in [0.25, 0.3) is 0 Å². The number of methoxy groups -OCH3 is 1. The Kier molecular flexibility index (Phi) is 26.4. The van der Waals surface area contributed by atoms with Crippen molar-refractivity contribution in [3.8, 4) is 0 Å². The molecule has 2 nitrogen and oxygen atoms in total. The van der Waals surface area contributed by atoms with Crippen LogP contribution in [-0.4, -0.2) is 24.9 Å². The largest absolute Gasteiger partial charge is 0.390 e. The predicted molar refractivity (Wildman–Crippen MR) is 69.3 cm³/mol. The summed E-state index contributed by atoms with van der Waals surface area (Å²) >= 11 is 0. The summed E-state index contributed by atoms with van der Waals surface area (Å²) in [4.78, 5) is 0. The first-order valence-electron chi connectivity index (χ1n) is 6.30. The normalized spacial score (nSPS) is 12.8. The fourth-order valence-corrected chi connectivity index (χ4v) is 0.983. The molecule has 0 spiro atoms. The van der Waals surface area contributed by atoms with Crippen LogP contribution < -0.4 is 0 Å². The first kappa shape index (κ1) is 20.3. The van der Waals surface area contributed by atoms with Gasteiger partial charge in [-0.15, -0.1) is 0 Å². The fourth-order valence-electron chi connectivity index (χ4n) is 0.983. The first-order valence-corrected chi connectivity index (χ1v) is 6.30. The Labute approximate surface area is 97.0 Å². The summed E-state index contributed by atoms with van der Waals surface area (Å²) in [6.45, 7) is 12.9. The van der Waals surface area contributed by atoms with Gasteiger partial charge >= 0.3 is 0 Å². The van der Waals surface area contributed by atoms with E-state index in [9.17, 15) is 5.11 Å². The minimum atomic E-state index is -0.287. The van der Waals surface area contributed by atoms with Crippen molar-refractivity contribution in [1.82, 2.24) is 0 Å². The maximum atomic E-state index is 9.32. The predicted octanol–water partition coefficient (Wildman–Crippen LogP) is 3.87. The van der Waals surface area contributed by atoms with Crippen molar-refractivity contribution in [2.24, 2.45) is 5.92 Å². The summed E-state index contributed by atoms with van der Waals surface area (Å²) in [5.41, 5.74) is 0. The van der Waals surface area contributed by atoms with Crippen LogP contribution in [-0.2, 0) is 4.74 Å². The van der Waals surface area contributed by atoms with Gasteiger partial charge in [0.15, 0.2) is 0 Å². The molecule has 2 heteroatoms. The Hall–Kier alpha value is -0.0800. The third-order valence-corrected chi connectivity index (χ3v) is 1.74. The van der Waals surface area contributed by atoms with Gasteiger partial charge in [0.2, 0.25) is 0 Å². The summed E-state index contributed by atoms with van der Waals surface area (Å²) in [5.74, 6) is 0.366. The van der Waals surface area contributed by atoms with Gasteiger partial charge in [-0.1, -0.05) is 54.4 Å². The SMILES string of the molecule is CC.CCC.CCC[C@@H](C)C(O)COC. The van der Waals surface area contributed by atoms with E-state index in [1.807, 2.05) is 20.8 Å². The van der Waals surface area contributed by atoms with E-state index in [4.69, 9.17) is 4.74 Å². The zero-order chi connectivity index (χ0) is 12.7. The quantitative estimate of drug-likeness (QED) is 0.762. The Morgan fingerprint density at radius 2 is 1.53 bits per heavy atom. The van der Waals surface area contributed by atoms with Crippen LogP contribution in [0.5, 0.6) is 0 Å². The molecule has 2 atom stereocenters. The Morgan fingerprint density at radius 3 is 1.80 bits per heavy atom. The molecule has 0 rings (SSSR count). The Morgan fingerprint density at radius 1 is 1.13 bits per heavy atom. The molecule has 0 saturated heterocycles. The number of ether oxygens (including phenoxy) is 1. The lowest BCUT2D eigenvalue weighted by Crippen LogP contribution is -2.22. The number of aliphatic hydroxyl groups excluding tert-OH is 1. The van der Waals surface area contributed by atoms with E-state index in [1.54, 1.807) is 7.11 Å². The fraction of sp³-hybridized carbons (Fsp3) is 1.00. The molecule has 0 aliphatic carbocycles.